The largest absolute Gasteiger partial charge is 0.468 e. The Hall–Kier alpha value is -2.94. The molecule has 1 rings (SSSR count). The van der Waals surface area contributed by atoms with Crippen molar-refractivity contribution < 1.29 is 38.1 Å². The lowest BCUT2D eigenvalue weighted by Crippen LogP contribution is -2.53. The van der Waals surface area contributed by atoms with Crippen molar-refractivity contribution in [3.05, 3.63) is 23.8 Å². The zero-order valence-electron chi connectivity index (χ0n) is 23.7. The third kappa shape index (κ3) is 11.8. The lowest BCUT2D eigenvalue weighted by molar-refractivity contribution is -0.154. The number of nitrogens with two attached hydrogens (primary N) is 1. The van der Waals surface area contributed by atoms with E-state index in [-0.39, 0.29) is 54.4 Å². The van der Waals surface area contributed by atoms with Gasteiger partial charge in [0.05, 0.1) is 20.0 Å². The highest BCUT2D eigenvalue weighted by Gasteiger charge is 2.38. The fraction of sp³-hybridized carbons (Fsp3) is 0.643. The topological polar surface area (TPSA) is 131 Å². The summed E-state index contributed by atoms with van der Waals surface area (Å²) in [7, 11) is 1.23. The van der Waals surface area contributed by atoms with E-state index in [1.165, 1.54) is 19.2 Å². The standard InChI is InChI=1S/C28H43NO8/c1-10-22(30)35-18(2)14-28(29,25(33)34-9)15-19-11-12-20(36-23(31)16-26(3,4)5)21(13-19)37-24(32)17-27(6,7)8/h11-13,18H,10,14-17,29H2,1-9H3/t18?,28-/m1/s1. The fourth-order valence-electron chi connectivity index (χ4n) is 3.67. The van der Waals surface area contributed by atoms with Crippen molar-refractivity contribution in [3.63, 3.8) is 0 Å². The second-order valence-corrected chi connectivity index (χ2v) is 11.9. The van der Waals surface area contributed by atoms with E-state index in [2.05, 4.69) is 0 Å². The Bertz CT molecular complexity index is 973. The van der Waals surface area contributed by atoms with Crippen molar-refractivity contribution in [2.24, 2.45) is 16.6 Å². The molecule has 0 aliphatic heterocycles. The number of ether oxygens (including phenoxy) is 4. The summed E-state index contributed by atoms with van der Waals surface area (Å²) in [6, 6.07) is 4.66. The van der Waals surface area contributed by atoms with Gasteiger partial charge in [0.1, 0.15) is 11.6 Å². The monoisotopic (exact) mass is 521 g/mol. The van der Waals surface area contributed by atoms with Gasteiger partial charge in [-0.1, -0.05) is 54.5 Å². The average molecular weight is 522 g/mol. The summed E-state index contributed by atoms with van der Waals surface area (Å²) in [5.74, 6) is -1.92. The molecule has 0 bridgehead atoms. The molecule has 0 heterocycles. The summed E-state index contributed by atoms with van der Waals surface area (Å²) in [6.45, 7) is 14.8. The minimum Gasteiger partial charge on any atom is -0.468 e. The number of carbonyl (C=O) groups excluding carboxylic acids is 4. The van der Waals surface area contributed by atoms with E-state index in [1.54, 1.807) is 19.9 Å². The highest BCUT2D eigenvalue weighted by atomic mass is 16.6. The third-order valence-electron chi connectivity index (χ3n) is 5.19. The van der Waals surface area contributed by atoms with E-state index in [0.717, 1.165) is 0 Å². The number of rotatable bonds is 11. The predicted molar refractivity (Wildman–Crippen MR) is 139 cm³/mol. The number of benzene rings is 1. The lowest BCUT2D eigenvalue weighted by Gasteiger charge is -2.29. The summed E-state index contributed by atoms with van der Waals surface area (Å²) < 4.78 is 21.4. The van der Waals surface area contributed by atoms with Gasteiger partial charge in [0.2, 0.25) is 0 Å². The first-order chi connectivity index (χ1) is 16.9. The quantitative estimate of drug-likeness (QED) is 0.330. The molecular weight excluding hydrogens is 478 g/mol. The Morgan fingerprint density at radius 3 is 1.84 bits per heavy atom. The van der Waals surface area contributed by atoms with Crippen LogP contribution in [0.15, 0.2) is 18.2 Å². The fourth-order valence-corrected chi connectivity index (χ4v) is 3.67. The maximum absolute atomic E-state index is 12.7. The SMILES string of the molecule is CCC(=O)OC(C)C[C@@](N)(Cc1ccc(OC(=O)CC(C)(C)C)c(OC(=O)CC(C)(C)C)c1)C(=O)OC. The number of hydrogen-bond donors (Lipinski definition) is 1. The molecule has 2 atom stereocenters. The zero-order valence-corrected chi connectivity index (χ0v) is 23.7. The first-order valence-corrected chi connectivity index (χ1v) is 12.5. The molecule has 1 aromatic rings. The van der Waals surface area contributed by atoms with E-state index in [1.807, 2.05) is 41.5 Å². The molecule has 9 nitrogen and oxygen atoms in total. The van der Waals surface area contributed by atoms with Crippen molar-refractivity contribution in [1.29, 1.82) is 0 Å². The van der Waals surface area contributed by atoms with Crippen molar-refractivity contribution in [2.75, 3.05) is 7.11 Å². The summed E-state index contributed by atoms with van der Waals surface area (Å²) in [5, 5.41) is 0. The van der Waals surface area contributed by atoms with Gasteiger partial charge in [-0.3, -0.25) is 19.2 Å². The number of hydrogen-bond acceptors (Lipinski definition) is 9. The molecule has 0 amide bonds. The minimum absolute atomic E-state index is 0.00622. The van der Waals surface area contributed by atoms with E-state index in [0.29, 0.717) is 5.56 Å². The number of carbonyl (C=O) groups is 4. The Kier molecular flexibility index (Phi) is 11.3. The van der Waals surface area contributed by atoms with Crippen molar-refractivity contribution >= 4 is 23.9 Å². The molecular formula is C28H43NO8. The third-order valence-corrected chi connectivity index (χ3v) is 5.19. The second kappa shape index (κ2) is 13.0. The van der Waals surface area contributed by atoms with Crippen LogP contribution >= 0.6 is 0 Å². The van der Waals surface area contributed by atoms with Crippen LogP contribution in [0.1, 0.15) is 86.6 Å². The summed E-state index contributed by atoms with van der Waals surface area (Å²) in [4.78, 5) is 49.4. The van der Waals surface area contributed by atoms with Gasteiger partial charge in [-0.15, -0.1) is 0 Å². The van der Waals surface area contributed by atoms with Crippen molar-refractivity contribution in [1.82, 2.24) is 0 Å². The molecule has 0 spiro atoms. The van der Waals surface area contributed by atoms with Crippen LogP contribution in [0.2, 0.25) is 0 Å². The highest BCUT2D eigenvalue weighted by Crippen LogP contribution is 2.33. The van der Waals surface area contributed by atoms with Crippen LogP contribution in [0.5, 0.6) is 11.5 Å². The Morgan fingerprint density at radius 2 is 1.38 bits per heavy atom. The van der Waals surface area contributed by atoms with Crippen LogP contribution in [-0.4, -0.2) is 42.6 Å². The summed E-state index contributed by atoms with van der Waals surface area (Å²) in [6.07, 6.45) is -0.152. The molecule has 0 saturated carbocycles. The first-order valence-electron chi connectivity index (χ1n) is 12.5. The van der Waals surface area contributed by atoms with Crippen LogP contribution < -0.4 is 15.2 Å². The molecule has 37 heavy (non-hydrogen) atoms. The van der Waals surface area contributed by atoms with E-state index in [9.17, 15) is 19.2 Å². The van der Waals surface area contributed by atoms with E-state index < -0.39 is 35.5 Å². The van der Waals surface area contributed by atoms with Crippen LogP contribution in [0.25, 0.3) is 0 Å². The molecule has 0 saturated heterocycles. The molecule has 0 aliphatic carbocycles. The van der Waals surface area contributed by atoms with Gasteiger partial charge in [0.25, 0.3) is 0 Å². The van der Waals surface area contributed by atoms with Crippen molar-refractivity contribution in [3.8, 4) is 11.5 Å². The summed E-state index contributed by atoms with van der Waals surface area (Å²) >= 11 is 0. The van der Waals surface area contributed by atoms with Gasteiger partial charge >= 0.3 is 23.9 Å². The van der Waals surface area contributed by atoms with Gasteiger partial charge in [-0.05, 0) is 35.4 Å². The normalized spacial score (nSPS) is 14.2. The van der Waals surface area contributed by atoms with Gasteiger partial charge in [0.15, 0.2) is 11.5 Å². The van der Waals surface area contributed by atoms with Crippen molar-refractivity contribution in [2.45, 2.75) is 99.1 Å². The molecule has 0 radical (unpaired) electrons. The Morgan fingerprint density at radius 1 is 0.865 bits per heavy atom. The molecule has 1 unspecified atom stereocenters. The molecule has 2 N–H and O–H groups in total. The predicted octanol–water partition coefficient (Wildman–Crippen LogP) is 4.51. The summed E-state index contributed by atoms with van der Waals surface area (Å²) in [5.41, 5.74) is 4.86. The van der Waals surface area contributed by atoms with Crippen LogP contribution in [-0.2, 0) is 35.1 Å². The molecule has 0 aromatic heterocycles. The van der Waals surface area contributed by atoms with Gasteiger partial charge in [-0.25, -0.2) is 0 Å². The zero-order chi connectivity index (χ0) is 28.6. The second-order valence-electron chi connectivity index (χ2n) is 11.9. The van der Waals surface area contributed by atoms with E-state index >= 15 is 0 Å². The average Bonchev–Trinajstić information content (AvgIpc) is 2.71. The minimum atomic E-state index is -1.53. The van der Waals surface area contributed by atoms with Gasteiger partial charge in [-0.2, -0.15) is 0 Å². The number of esters is 4. The smallest absolute Gasteiger partial charge is 0.326 e. The maximum Gasteiger partial charge on any atom is 0.326 e. The van der Waals surface area contributed by atoms with Crippen LogP contribution in [0, 0.1) is 10.8 Å². The molecule has 208 valence electrons. The van der Waals surface area contributed by atoms with Gasteiger partial charge in [0, 0.05) is 19.3 Å². The number of methoxy groups -OCH3 is 1. The Labute approximate surface area is 220 Å². The van der Waals surface area contributed by atoms with Crippen LogP contribution in [0.4, 0.5) is 0 Å². The molecule has 0 aliphatic rings. The first kappa shape index (κ1) is 32.1. The highest BCUT2D eigenvalue weighted by molar-refractivity contribution is 5.81. The van der Waals surface area contributed by atoms with E-state index in [4.69, 9.17) is 24.7 Å². The maximum atomic E-state index is 12.7. The van der Waals surface area contributed by atoms with Crippen LogP contribution in [0.3, 0.4) is 0 Å². The molecule has 9 heteroatoms. The molecule has 0 fully saturated rings. The Balaban J connectivity index is 3.32. The lowest BCUT2D eigenvalue weighted by atomic mass is 9.86. The molecule has 1 aromatic carbocycles. The van der Waals surface area contributed by atoms with Gasteiger partial charge < -0.3 is 24.7 Å².